The third-order valence-corrected chi connectivity index (χ3v) is 4.65. The summed E-state index contributed by atoms with van der Waals surface area (Å²) in [6, 6.07) is 16.1. The predicted octanol–water partition coefficient (Wildman–Crippen LogP) is 1.80. The van der Waals surface area contributed by atoms with E-state index in [0.29, 0.717) is 17.9 Å². The highest BCUT2D eigenvalue weighted by atomic mass is 32.2. The van der Waals surface area contributed by atoms with Crippen LogP contribution >= 0.6 is 0 Å². The Morgan fingerprint density at radius 1 is 1.04 bits per heavy atom. The van der Waals surface area contributed by atoms with Crippen LogP contribution in [0, 0.1) is 0 Å². The van der Waals surface area contributed by atoms with E-state index >= 15 is 0 Å². The van der Waals surface area contributed by atoms with Crippen LogP contribution in [-0.2, 0) is 21.2 Å². The van der Waals surface area contributed by atoms with E-state index in [4.69, 9.17) is 4.74 Å². The maximum atomic E-state index is 11.9. The minimum absolute atomic E-state index is 0.0627. The van der Waals surface area contributed by atoms with Crippen molar-refractivity contribution in [2.75, 3.05) is 24.7 Å². The number of hydrogen-bond donors (Lipinski definition) is 2. The van der Waals surface area contributed by atoms with Crippen molar-refractivity contribution < 1.29 is 17.9 Å². The fourth-order valence-corrected chi connectivity index (χ4v) is 3.02. The Hall–Kier alpha value is -2.38. The van der Waals surface area contributed by atoms with E-state index in [1.165, 1.54) is 0 Å². The first-order valence-electron chi connectivity index (χ1n) is 7.44. The Morgan fingerprint density at radius 3 is 2.33 bits per heavy atom. The van der Waals surface area contributed by atoms with Gasteiger partial charge < -0.3 is 10.1 Å². The molecule has 2 N–H and O–H groups in total. The van der Waals surface area contributed by atoms with Gasteiger partial charge in [0.15, 0.2) is 0 Å². The maximum absolute atomic E-state index is 11.9. The lowest BCUT2D eigenvalue weighted by molar-refractivity contribution is -0.115. The molecule has 2 aromatic rings. The molecule has 128 valence electrons. The number of amides is 1. The number of carbonyl (C=O) groups is 1. The number of hydrogen-bond acceptors (Lipinski definition) is 4. The zero-order valence-corrected chi connectivity index (χ0v) is 14.2. The SMILES string of the molecule is COc1ccc(NC(=O)CNS(=O)(=O)CCc2ccccc2)cc1. The molecule has 1 amide bonds. The van der Waals surface area contributed by atoms with Crippen LogP contribution < -0.4 is 14.8 Å². The summed E-state index contributed by atoms with van der Waals surface area (Å²) in [7, 11) is -1.96. The van der Waals surface area contributed by atoms with Gasteiger partial charge in [-0.05, 0) is 36.2 Å². The monoisotopic (exact) mass is 348 g/mol. The van der Waals surface area contributed by atoms with E-state index in [1.807, 2.05) is 30.3 Å². The second-order valence-corrected chi connectivity index (χ2v) is 7.08. The normalized spacial score (nSPS) is 11.0. The summed E-state index contributed by atoms with van der Waals surface area (Å²) in [6.45, 7) is -0.302. The number of rotatable bonds is 8. The van der Waals surface area contributed by atoms with Crippen LogP contribution in [0.25, 0.3) is 0 Å². The molecule has 0 unspecified atom stereocenters. The Balaban J connectivity index is 1.79. The smallest absolute Gasteiger partial charge is 0.239 e. The van der Waals surface area contributed by atoms with E-state index in [0.717, 1.165) is 5.56 Å². The number of carbonyl (C=O) groups excluding carboxylic acids is 1. The Labute approximate surface area is 141 Å². The van der Waals surface area contributed by atoms with Crippen molar-refractivity contribution in [3.05, 3.63) is 60.2 Å². The number of nitrogens with one attached hydrogen (secondary N) is 2. The third kappa shape index (κ3) is 6.02. The predicted molar refractivity (Wildman–Crippen MR) is 93.6 cm³/mol. The van der Waals surface area contributed by atoms with E-state index < -0.39 is 15.9 Å². The largest absolute Gasteiger partial charge is 0.497 e. The molecule has 0 aliphatic rings. The molecule has 2 rings (SSSR count). The van der Waals surface area contributed by atoms with Gasteiger partial charge in [0, 0.05) is 5.69 Å². The third-order valence-electron chi connectivity index (χ3n) is 3.33. The number of ether oxygens (including phenoxy) is 1. The van der Waals surface area contributed by atoms with Crippen LogP contribution in [0.2, 0.25) is 0 Å². The van der Waals surface area contributed by atoms with Gasteiger partial charge >= 0.3 is 0 Å². The fourth-order valence-electron chi connectivity index (χ4n) is 2.02. The number of anilines is 1. The van der Waals surface area contributed by atoms with Crippen molar-refractivity contribution >= 4 is 21.6 Å². The van der Waals surface area contributed by atoms with E-state index in [1.54, 1.807) is 31.4 Å². The topological polar surface area (TPSA) is 84.5 Å². The van der Waals surface area contributed by atoms with Crippen molar-refractivity contribution in [2.24, 2.45) is 0 Å². The maximum Gasteiger partial charge on any atom is 0.239 e. The van der Waals surface area contributed by atoms with Crippen molar-refractivity contribution in [1.82, 2.24) is 4.72 Å². The van der Waals surface area contributed by atoms with Crippen LogP contribution in [0.3, 0.4) is 0 Å². The van der Waals surface area contributed by atoms with Gasteiger partial charge in [-0.15, -0.1) is 0 Å². The highest BCUT2D eigenvalue weighted by Crippen LogP contribution is 2.14. The highest BCUT2D eigenvalue weighted by Gasteiger charge is 2.12. The molecule has 0 spiro atoms. The quantitative estimate of drug-likeness (QED) is 0.762. The molecule has 0 atom stereocenters. The second-order valence-electron chi connectivity index (χ2n) is 5.15. The zero-order chi connectivity index (χ0) is 17.4. The Morgan fingerprint density at radius 2 is 1.71 bits per heavy atom. The molecule has 7 heteroatoms. The highest BCUT2D eigenvalue weighted by molar-refractivity contribution is 7.89. The summed E-state index contributed by atoms with van der Waals surface area (Å²) in [5.74, 6) is 0.186. The number of methoxy groups -OCH3 is 1. The van der Waals surface area contributed by atoms with Crippen molar-refractivity contribution in [3.63, 3.8) is 0 Å². The van der Waals surface area contributed by atoms with Crippen LogP contribution in [-0.4, -0.2) is 33.7 Å². The summed E-state index contributed by atoms with van der Waals surface area (Å²) >= 11 is 0. The van der Waals surface area contributed by atoms with Crippen molar-refractivity contribution in [3.8, 4) is 5.75 Å². The minimum Gasteiger partial charge on any atom is -0.497 e. The first-order valence-corrected chi connectivity index (χ1v) is 9.09. The van der Waals surface area contributed by atoms with Gasteiger partial charge in [0.05, 0.1) is 19.4 Å². The van der Waals surface area contributed by atoms with Gasteiger partial charge in [-0.1, -0.05) is 30.3 Å². The number of aryl methyl sites for hydroxylation is 1. The summed E-state index contributed by atoms with van der Waals surface area (Å²) < 4.78 is 31.2. The van der Waals surface area contributed by atoms with Crippen LogP contribution in [0.15, 0.2) is 54.6 Å². The minimum atomic E-state index is -3.51. The fraction of sp³-hybridized carbons (Fsp3) is 0.235. The average Bonchev–Trinajstić information content (AvgIpc) is 2.60. The molecule has 0 saturated carbocycles. The van der Waals surface area contributed by atoms with Crippen molar-refractivity contribution in [2.45, 2.75) is 6.42 Å². The second kappa shape index (κ2) is 8.47. The van der Waals surface area contributed by atoms with Gasteiger partial charge in [-0.25, -0.2) is 13.1 Å². The molecule has 2 aromatic carbocycles. The molecular formula is C17H20N2O4S. The lowest BCUT2D eigenvalue weighted by atomic mass is 10.2. The van der Waals surface area contributed by atoms with Gasteiger partial charge in [-0.2, -0.15) is 0 Å². The molecule has 0 aromatic heterocycles. The zero-order valence-electron chi connectivity index (χ0n) is 13.4. The van der Waals surface area contributed by atoms with Gasteiger partial charge in [0.25, 0.3) is 0 Å². The van der Waals surface area contributed by atoms with Crippen LogP contribution in [0.5, 0.6) is 5.75 Å². The van der Waals surface area contributed by atoms with Crippen LogP contribution in [0.1, 0.15) is 5.56 Å². The molecule has 0 aliphatic carbocycles. The number of sulfonamides is 1. The average molecular weight is 348 g/mol. The Bertz CT molecular complexity index is 759. The lowest BCUT2D eigenvalue weighted by Gasteiger charge is -2.08. The van der Waals surface area contributed by atoms with E-state index in [2.05, 4.69) is 10.0 Å². The summed E-state index contributed by atoms with van der Waals surface area (Å²) in [4.78, 5) is 11.8. The van der Waals surface area contributed by atoms with E-state index in [-0.39, 0.29) is 12.3 Å². The molecule has 24 heavy (non-hydrogen) atoms. The molecular weight excluding hydrogens is 328 g/mol. The molecule has 0 bridgehead atoms. The van der Waals surface area contributed by atoms with Crippen LogP contribution in [0.4, 0.5) is 5.69 Å². The molecule has 0 radical (unpaired) electrons. The number of benzene rings is 2. The Kier molecular flexibility index (Phi) is 6.34. The summed E-state index contributed by atoms with van der Waals surface area (Å²) in [5.41, 5.74) is 1.51. The standard InChI is InChI=1S/C17H20N2O4S/c1-23-16-9-7-15(8-10-16)19-17(20)13-18-24(21,22)12-11-14-5-3-2-4-6-14/h2-10,18H,11-13H2,1H3,(H,19,20). The van der Waals surface area contributed by atoms with Gasteiger partial charge in [0.2, 0.25) is 15.9 Å². The van der Waals surface area contributed by atoms with Crippen molar-refractivity contribution in [1.29, 1.82) is 0 Å². The summed E-state index contributed by atoms with van der Waals surface area (Å²) in [5, 5.41) is 2.62. The first kappa shape index (κ1) is 18.0. The molecule has 0 aliphatic heterocycles. The van der Waals surface area contributed by atoms with E-state index in [9.17, 15) is 13.2 Å². The molecule has 6 nitrogen and oxygen atoms in total. The van der Waals surface area contributed by atoms with Gasteiger partial charge in [0.1, 0.15) is 5.75 Å². The molecule has 0 heterocycles. The summed E-state index contributed by atoms with van der Waals surface area (Å²) in [6.07, 6.45) is 0.399. The lowest BCUT2D eigenvalue weighted by Crippen LogP contribution is -2.34. The van der Waals surface area contributed by atoms with Gasteiger partial charge in [-0.3, -0.25) is 4.79 Å². The first-order chi connectivity index (χ1) is 11.5. The molecule has 0 fully saturated rings. The molecule has 0 saturated heterocycles.